The van der Waals surface area contributed by atoms with E-state index in [0.29, 0.717) is 16.9 Å². The van der Waals surface area contributed by atoms with Crippen molar-refractivity contribution in [2.24, 2.45) is 5.14 Å². The number of nitrogens with two attached hydrogens (primary N) is 1. The number of aryl methyl sites for hydroxylation is 1. The van der Waals surface area contributed by atoms with Crippen LogP contribution in [0, 0.1) is 11.3 Å². The minimum absolute atomic E-state index is 0.0753. The molecule has 2 aromatic carbocycles. The SMILES string of the molecule is CCc1ccc(-c2[nH]ncc2C=C(C#N)C(=O)Nc2ccc(S(N)(=O)=O)cc2)cc1. The van der Waals surface area contributed by atoms with Crippen molar-refractivity contribution in [1.82, 2.24) is 10.2 Å². The smallest absolute Gasteiger partial charge is 0.266 e. The fourth-order valence-electron chi connectivity index (χ4n) is 2.77. The predicted molar refractivity (Wildman–Crippen MR) is 113 cm³/mol. The quantitative estimate of drug-likeness (QED) is 0.414. The van der Waals surface area contributed by atoms with Gasteiger partial charge in [-0.3, -0.25) is 9.89 Å². The van der Waals surface area contributed by atoms with Gasteiger partial charge in [0.05, 0.1) is 16.8 Å². The molecule has 1 heterocycles. The van der Waals surface area contributed by atoms with E-state index >= 15 is 0 Å². The molecule has 0 saturated heterocycles. The highest BCUT2D eigenvalue weighted by molar-refractivity contribution is 7.89. The largest absolute Gasteiger partial charge is 0.321 e. The van der Waals surface area contributed by atoms with Crippen molar-refractivity contribution in [3.63, 3.8) is 0 Å². The van der Waals surface area contributed by atoms with E-state index in [-0.39, 0.29) is 10.5 Å². The number of anilines is 1. The number of hydrogen-bond donors (Lipinski definition) is 3. The number of hydrogen-bond acceptors (Lipinski definition) is 5. The van der Waals surface area contributed by atoms with Gasteiger partial charge in [0, 0.05) is 16.8 Å². The second-order valence-corrected chi connectivity index (χ2v) is 8.01. The molecule has 0 fully saturated rings. The van der Waals surface area contributed by atoms with Gasteiger partial charge in [0.2, 0.25) is 10.0 Å². The van der Waals surface area contributed by atoms with Gasteiger partial charge < -0.3 is 5.32 Å². The van der Waals surface area contributed by atoms with Crippen LogP contribution in [0.25, 0.3) is 17.3 Å². The van der Waals surface area contributed by atoms with Gasteiger partial charge in [-0.2, -0.15) is 10.4 Å². The van der Waals surface area contributed by atoms with Crippen LogP contribution in [0.3, 0.4) is 0 Å². The Bertz CT molecular complexity index is 1240. The topological polar surface area (TPSA) is 142 Å². The predicted octanol–water partition coefficient (Wildman–Crippen LogP) is 2.83. The van der Waals surface area contributed by atoms with Crippen LogP contribution in [-0.2, 0) is 21.2 Å². The lowest BCUT2D eigenvalue weighted by Crippen LogP contribution is -2.14. The fraction of sp³-hybridized carbons (Fsp3) is 0.0952. The van der Waals surface area contributed by atoms with Crippen LogP contribution >= 0.6 is 0 Å². The van der Waals surface area contributed by atoms with Crippen molar-refractivity contribution in [3.8, 4) is 17.3 Å². The highest BCUT2D eigenvalue weighted by Crippen LogP contribution is 2.24. The Balaban J connectivity index is 1.83. The number of nitrogens with zero attached hydrogens (tertiary/aromatic N) is 2. The molecule has 1 amide bonds. The summed E-state index contributed by atoms with van der Waals surface area (Å²) in [5.41, 5.74) is 3.56. The molecule has 1 aromatic heterocycles. The number of carbonyl (C=O) groups excluding carboxylic acids is 1. The molecule has 152 valence electrons. The van der Waals surface area contributed by atoms with Crippen molar-refractivity contribution in [3.05, 3.63) is 71.4 Å². The summed E-state index contributed by atoms with van der Waals surface area (Å²) in [6.45, 7) is 2.07. The van der Waals surface area contributed by atoms with E-state index in [0.717, 1.165) is 12.0 Å². The number of carbonyl (C=O) groups is 1. The first kappa shape index (κ1) is 21.0. The van der Waals surface area contributed by atoms with Crippen LogP contribution in [-0.4, -0.2) is 24.5 Å². The second-order valence-electron chi connectivity index (χ2n) is 6.44. The van der Waals surface area contributed by atoms with Crippen LogP contribution in [0.4, 0.5) is 5.69 Å². The number of rotatable bonds is 6. The van der Waals surface area contributed by atoms with Gasteiger partial charge >= 0.3 is 0 Å². The van der Waals surface area contributed by atoms with Crippen molar-refractivity contribution in [2.45, 2.75) is 18.2 Å². The molecule has 30 heavy (non-hydrogen) atoms. The van der Waals surface area contributed by atoms with E-state index < -0.39 is 15.9 Å². The zero-order chi connectivity index (χ0) is 21.7. The molecule has 0 unspecified atom stereocenters. The molecule has 8 nitrogen and oxygen atoms in total. The van der Waals surface area contributed by atoms with Crippen LogP contribution in [0.1, 0.15) is 18.1 Å². The first-order chi connectivity index (χ1) is 14.3. The summed E-state index contributed by atoms with van der Waals surface area (Å²) >= 11 is 0. The van der Waals surface area contributed by atoms with Crippen molar-refractivity contribution in [2.75, 3.05) is 5.32 Å². The zero-order valence-corrected chi connectivity index (χ0v) is 16.9. The number of H-pyrrole nitrogens is 1. The molecule has 0 saturated carbocycles. The monoisotopic (exact) mass is 421 g/mol. The Kier molecular flexibility index (Phi) is 6.11. The lowest BCUT2D eigenvalue weighted by Gasteiger charge is -2.06. The summed E-state index contributed by atoms with van der Waals surface area (Å²) in [4.78, 5) is 12.4. The Morgan fingerprint density at radius 1 is 1.20 bits per heavy atom. The molecule has 3 aromatic rings. The average molecular weight is 421 g/mol. The Labute approximate surface area is 174 Å². The van der Waals surface area contributed by atoms with E-state index in [1.165, 1.54) is 42.1 Å². The number of aromatic amines is 1. The van der Waals surface area contributed by atoms with E-state index in [1.54, 1.807) is 0 Å². The third-order valence-electron chi connectivity index (χ3n) is 4.43. The van der Waals surface area contributed by atoms with Crippen LogP contribution in [0.15, 0.2) is 65.2 Å². The van der Waals surface area contributed by atoms with Crippen LogP contribution in [0.2, 0.25) is 0 Å². The molecule has 0 aliphatic rings. The van der Waals surface area contributed by atoms with E-state index in [1.807, 2.05) is 30.3 Å². The molecular weight excluding hydrogens is 402 g/mol. The molecule has 0 atom stereocenters. The Hall–Kier alpha value is -3.74. The maximum absolute atomic E-state index is 12.5. The molecule has 0 bridgehead atoms. The molecule has 9 heteroatoms. The summed E-state index contributed by atoms with van der Waals surface area (Å²) in [6.07, 6.45) is 3.90. The molecular formula is C21H19N5O3S. The molecule has 0 aliphatic carbocycles. The number of aromatic nitrogens is 2. The van der Waals surface area contributed by atoms with Gasteiger partial charge in [-0.25, -0.2) is 13.6 Å². The first-order valence-electron chi connectivity index (χ1n) is 9.00. The minimum atomic E-state index is -3.83. The van der Waals surface area contributed by atoms with E-state index in [9.17, 15) is 18.5 Å². The molecule has 0 aliphatic heterocycles. The lowest BCUT2D eigenvalue weighted by atomic mass is 10.0. The molecule has 3 rings (SSSR count). The molecule has 0 spiro atoms. The number of sulfonamides is 1. The minimum Gasteiger partial charge on any atom is -0.321 e. The van der Waals surface area contributed by atoms with Crippen LogP contribution in [0.5, 0.6) is 0 Å². The maximum atomic E-state index is 12.5. The number of primary sulfonamides is 1. The summed E-state index contributed by atoms with van der Waals surface area (Å²) < 4.78 is 22.6. The van der Waals surface area contributed by atoms with Gasteiger partial charge in [-0.05, 0) is 42.3 Å². The molecule has 0 radical (unpaired) electrons. The van der Waals surface area contributed by atoms with Gasteiger partial charge in [-0.15, -0.1) is 0 Å². The summed E-state index contributed by atoms with van der Waals surface area (Å²) in [5.74, 6) is -0.630. The highest BCUT2D eigenvalue weighted by atomic mass is 32.2. The zero-order valence-electron chi connectivity index (χ0n) is 16.1. The van der Waals surface area contributed by atoms with Gasteiger partial charge in [-0.1, -0.05) is 31.2 Å². The van der Waals surface area contributed by atoms with Gasteiger partial charge in [0.15, 0.2) is 0 Å². The summed E-state index contributed by atoms with van der Waals surface area (Å²) in [5, 5.41) is 24.0. The first-order valence-corrected chi connectivity index (χ1v) is 10.5. The number of nitriles is 1. The third kappa shape index (κ3) is 4.81. The summed E-state index contributed by atoms with van der Waals surface area (Å²) in [7, 11) is -3.83. The van der Waals surface area contributed by atoms with Gasteiger partial charge in [0.1, 0.15) is 11.6 Å². The third-order valence-corrected chi connectivity index (χ3v) is 5.35. The van der Waals surface area contributed by atoms with Gasteiger partial charge in [0.25, 0.3) is 5.91 Å². The lowest BCUT2D eigenvalue weighted by molar-refractivity contribution is -0.112. The Morgan fingerprint density at radius 2 is 1.87 bits per heavy atom. The highest BCUT2D eigenvalue weighted by Gasteiger charge is 2.14. The van der Waals surface area contributed by atoms with Crippen molar-refractivity contribution >= 4 is 27.7 Å². The maximum Gasteiger partial charge on any atom is 0.266 e. The fourth-order valence-corrected chi connectivity index (χ4v) is 3.29. The normalized spacial score (nSPS) is 11.7. The standard InChI is InChI=1S/C21H19N5O3S/c1-2-14-3-5-15(6-4-14)20-17(13-24-26-20)11-16(12-22)21(27)25-18-7-9-19(10-8-18)30(23,28)29/h3-11,13H,2H2,1H3,(H,24,26)(H,25,27)(H2,23,28,29). The second kappa shape index (κ2) is 8.73. The summed E-state index contributed by atoms with van der Waals surface area (Å²) in [6, 6.07) is 15.1. The number of amides is 1. The van der Waals surface area contributed by atoms with Crippen LogP contribution < -0.4 is 10.5 Å². The van der Waals surface area contributed by atoms with Crippen molar-refractivity contribution in [1.29, 1.82) is 5.26 Å². The Morgan fingerprint density at radius 3 is 2.43 bits per heavy atom. The van der Waals surface area contributed by atoms with Crippen molar-refractivity contribution < 1.29 is 13.2 Å². The average Bonchev–Trinajstić information content (AvgIpc) is 3.20. The van der Waals surface area contributed by atoms with E-state index in [4.69, 9.17) is 5.14 Å². The molecule has 4 N–H and O–H groups in total. The van der Waals surface area contributed by atoms with E-state index in [2.05, 4.69) is 22.4 Å². The number of benzene rings is 2. The number of nitrogens with one attached hydrogen (secondary N) is 2.